The Morgan fingerprint density at radius 2 is 1.96 bits per heavy atom. The Balaban J connectivity index is 1.93. The molecule has 0 unspecified atom stereocenters. The Morgan fingerprint density at radius 3 is 2.57 bits per heavy atom. The first kappa shape index (κ1) is 14.9. The van der Waals surface area contributed by atoms with Crippen LogP contribution in [0.15, 0.2) is 45.6 Å². The van der Waals surface area contributed by atoms with Gasteiger partial charge >= 0.3 is 0 Å². The van der Waals surface area contributed by atoms with Gasteiger partial charge in [0.05, 0.1) is 0 Å². The van der Waals surface area contributed by atoms with Gasteiger partial charge in [-0.2, -0.15) is 11.3 Å². The van der Waals surface area contributed by atoms with Gasteiger partial charge in [0, 0.05) is 16.5 Å². The van der Waals surface area contributed by atoms with Crippen LogP contribution < -0.4 is 11.1 Å². The summed E-state index contributed by atoms with van der Waals surface area (Å²) in [6.07, 6.45) is 0. The van der Waals surface area contributed by atoms with Gasteiger partial charge in [0.2, 0.25) is 5.88 Å². The predicted molar refractivity (Wildman–Crippen MR) is 82.7 cm³/mol. The van der Waals surface area contributed by atoms with E-state index in [0.717, 1.165) is 12.1 Å². The maximum Gasteiger partial charge on any atom is 0.258 e. The Morgan fingerprint density at radius 1 is 1.22 bits per heavy atom. The molecule has 0 radical (unpaired) electrons. The molecule has 3 aromatic rings. The number of thiophene rings is 1. The maximum absolute atomic E-state index is 12.9. The van der Waals surface area contributed by atoms with Crippen LogP contribution in [0.25, 0.3) is 11.3 Å². The Kier molecular flexibility index (Phi) is 3.90. The van der Waals surface area contributed by atoms with E-state index in [0.29, 0.717) is 5.56 Å². The highest BCUT2D eigenvalue weighted by Gasteiger charge is 2.24. The van der Waals surface area contributed by atoms with Crippen LogP contribution in [0.4, 0.5) is 10.3 Å². The molecular formula is C15H10FN3O3S. The minimum Gasteiger partial charge on any atom is -0.365 e. The molecule has 3 N–H and O–H groups in total. The monoisotopic (exact) mass is 331 g/mol. The summed E-state index contributed by atoms with van der Waals surface area (Å²) in [5.41, 5.74) is 6.47. The van der Waals surface area contributed by atoms with Gasteiger partial charge in [-0.25, -0.2) is 4.39 Å². The molecule has 0 spiro atoms. The largest absolute Gasteiger partial charge is 0.365 e. The van der Waals surface area contributed by atoms with E-state index in [1.54, 1.807) is 11.4 Å². The molecule has 2 aromatic heterocycles. The molecule has 2 heterocycles. The van der Waals surface area contributed by atoms with Crippen LogP contribution in [-0.4, -0.2) is 17.0 Å². The van der Waals surface area contributed by atoms with Crippen molar-refractivity contribution in [3.63, 3.8) is 0 Å². The lowest BCUT2D eigenvalue weighted by molar-refractivity contribution is 0.100. The van der Waals surface area contributed by atoms with Crippen LogP contribution in [0.2, 0.25) is 0 Å². The molecule has 0 aliphatic rings. The molecule has 0 saturated heterocycles. The van der Waals surface area contributed by atoms with Crippen molar-refractivity contribution in [1.29, 1.82) is 0 Å². The average Bonchev–Trinajstić information content (AvgIpc) is 3.16. The number of nitrogens with one attached hydrogen (secondary N) is 1. The number of benzene rings is 1. The number of hydrogen-bond donors (Lipinski definition) is 2. The SMILES string of the molecule is NC(=O)c1c(-c2ccsc2)noc1NC(=O)c1ccc(F)cc1. The standard InChI is InChI=1S/C15H10FN3O3S/c16-10-3-1-8(2-4-10)14(21)18-15-11(13(17)20)12(19-22-15)9-5-6-23-7-9/h1-7H,(H2,17,20)(H,18,21). The van der Waals surface area contributed by atoms with Crippen LogP contribution in [0.5, 0.6) is 0 Å². The fourth-order valence-corrected chi connectivity index (χ4v) is 2.62. The van der Waals surface area contributed by atoms with Crippen molar-refractivity contribution in [2.75, 3.05) is 5.32 Å². The fraction of sp³-hybridized carbons (Fsp3) is 0. The summed E-state index contributed by atoms with van der Waals surface area (Å²) >= 11 is 1.42. The van der Waals surface area contributed by atoms with Gasteiger partial charge in [-0.05, 0) is 35.7 Å². The lowest BCUT2D eigenvalue weighted by Gasteiger charge is -2.03. The van der Waals surface area contributed by atoms with Crippen LogP contribution >= 0.6 is 11.3 Å². The van der Waals surface area contributed by atoms with E-state index < -0.39 is 17.6 Å². The second-order valence-corrected chi connectivity index (χ2v) is 5.35. The van der Waals surface area contributed by atoms with E-state index in [9.17, 15) is 14.0 Å². The topological polar surface area (TPSA) is 98.2 Å². The number of rotatable bonds is 4. The molecular weight excluding hydrogens is 321 g/mol. The van der Waals surface area contributed by atoms with Crippen molar-refractivity contribution in [2.24, 2.45) is 5.73 Å². The molecule has 0 bridgehead atoms. The van der Waals surface area contributed by atoms with Gasteiger partial charge in [0.1, 0.15) is 17.1 Å². The van der Waals surface area contributed by atoms with Gasteiger partial charge < -0.3 is 10.3 Å². The molecule has 8 heteroatoms. The third kappa shape index (κ3) is 2.97. The number of aromatic nitrogens is 1. The van der Waals surface area contributed by atoms with E-state index >= 15 is 0 Å². The Labute approximate surface area is 133 Å². The molecule has 2 amide bonds. The van der Waals surface area contributed by atoms with Crippen molar-refractivity contribution < 1.29 is 18.5 Å². The zero-order valence-corrected chi connectivity index (χ0v) is 12.4. The van der Waals surface area contributed by atoms with Crippen molar-refractivity contribution in [2.45, 2.75) is 0 Å². The molecule has 116 valence electrons. The highest BCUT2D eigenvalue weighted by Crippen LogP contribution is 2.30. The third-order valence-corrected chi connectivity index (χ3v) is 3.75. The molecule has 0 aliphatic heterocycles. The van der Waals surface area contributed by atoms with E-state index in [-0.39, 0.29) is 22.7 Å². The Bertz CT molecular complexity index is 857. The molecule has 23 heavy (non-hydrogen) atoms. The van der Waals surface area contributed by atoms with Gasteiger partial charge in [0.15, 0.2) is 0 Å². The first-order valence-electron chi connectivity index (χ1n) is 6.45. The normalized spacial score (nSPS) is 10.5. The summed E-state index contributed by atoms with van der Waals surface area (Å²) in [7, 11) is 0. The van der Waals surface area contributed by atoms with Gasteiger partial charge in [-0.1, -0.05) is 5.16 Å². The average molecular weight is 331 g/mol. The third-order valence-electron chi connectivity index (χ3n) is 3.07. The first-order valence-corrected chi connectivity index (χ1v) is 7.39. The molecule has 1 aromatic carbocycles. The van der Waals surface area contributed by atoms with E-state index in [1.807, 2.05) is 5.38 Å². The fourth-order valence-electron chi connectivity index (χ4n) is 1.98. The van der Waals surface area contributed by atoms with Crippen molar-refractivity contribution in [3.8, 4) is 11.3 Å². The zero-order chi connectivity index (χ0) is 16.4. The predicted octanol–water partition coefficient (Wildman–Crippen LogP) is 2.89. The quantitative estimate of drug-likeness (QED) is 0.768. The summed E-state index contributed by atoms with van der Waals surface area (Å²) in [5, 5.41) is 9.80. The van der Waals surface area contributed by atoms with E-state index in [2.05, 4.69) is 10.5 Å². The van der Waals surface area contributed by atoms with Crippen molar-refractivity contribution in [3.05, 3.63) is 58.0 Å². The number of amides is 2. The minimum absolute atomic E-state index is 0.0149. The summed E-state index contributed by atoms with van der Waals surface area (Å²) in [6, 6.07) is 6.68. The summed E-state index contributed by atoms with van der Waals surface area (Å²) in [6.45, 7) is 0. The number of carbonyl (C=O) groups is 2. The molecule has 0 atom stereocenters. The Hall–Kier alpha value is -3.00. The molecule has 3 rings (SSSR count). The highest BCUT2D eigenvalue weighted by molar-refractivity contribution is 7.08. The molecule has 0 fully saturated rings. The van der Waals surface area contributed by atoms with Gasteiger partial charge in [0.25, 0.3) is 11.8 Å². The van der Waals surface area contributed by atoms with E-state index in [4.69, 9.17) is 10.3 Å². The highest BCUT2D eigenvalue weighted by atomic mass is 32.1. The first-order chi connectivity index (χ1) is 11.1. The summed E-state index contributed by atoms with van der Waals surface area (Å²) in [5.74, 6) is -1.95. The zero-order valence-electron chi connectivity index (χ0n) is 11.6. The second-order valence-electron chi connectivity index (χ2n) is 4.57. The minimum atomic E-state index is -0.776. The van der Waals surface area contributed by atoms with Crippen LogP contribution in [-0.2, 0) is 0 Å². The number of nitrogens with two attached hydrogens (primary N) is 1. The van der Waals surface area contributed by atoms with Crippen LogP contribution in [0, 0.1) is 5.82 Å². The number of nitrogens with zero attached hydrogens (tertiary/aromatic N) is 1. The number of hydrogen-bond acceptors (Lipinski definition) is 5. The number of carbonyl (C=O) groups excluding carboxylic acids is 2. The molecule has 6 nitrogen and oxygen atoms in total. The van der Waals surface area contributed by atoms with Crippen molar-refractivity contribution >= 4 is 29.0 Å². The van der Waals surface area contributed by atoms with Crippen molar-refractivity contribution in [1.82, 2.24) is 5.16 Å². The van der Waals surface area contributed by atoms with E-state index in [1.165, 1.54) is 23.5 Å². The number of halogens is 1. The summed E-state index contributed by atoms with van der Waals surface area (Å²) < 4.78 is 17.9. The molecule has 0 saturated carbocycles. The second kappa shape index (κ2) is 6.01. The summed E-state index contributed by atoms with van der Waals surface area (Å²) in [4.78, 5) is 23.8. The molecule has 0 aliphatic carbocycles. The van der Waals surface area contributed by atoms with Gasteiger partial charge in [-0.15, -0.1) is 0 Å². The van der Waals surface area contributed by atoms with Crippen LogP contribution in [0.1, 0.15) is 20.7 Å². The number of anilines is 1. The van der Waals surface area contributed by atoms with Crippen LogP contribution in [0.3, 0.4) is 0 Å². The van der Waals surface area contributed by atoms with Gasteiger partial charge in [-0.3, -0.25) is 14.9 Å². The smallest absolute Gasteiger partial charge is 0.258 e. The maximum atomic E-state index is 12.9. The number of primary amides is 1. The lowest BCUT2D eigenvalue weighted by atomic mass is 10.1. The lowest BCUT2D eigenvalue weighted by Crippen LogP contribution is -2.17.